The van der Waals surface area contributed by atoms with Crippen molar-refractivity contribution in [3.8, 4) is 11.1 Å². The molecule has 2 aromatic rings. The van der Waals surface area contributed by atoms with E-state index in [2.05, 4.69) is 5.32 Å². The fraction of sp³-hybridized carbons (Fsp3) is 0.176. The van der Waals surface area contributed by atoms with Crippen LogP contribution in [0.4, 0.5) is 5.69 Å². The molecule has 0 aliphatic rings. The van der Waals surface area contributed by atoms with E-state index in [9.17, 15) is 14.7 Å². The normalized spacial score (nSPS) is 13.0. The van der Waals surface area contributed by atoms with Crippen LogP contribution in [0.25, 0.3) is 11.1 Å². The highest BCUT2D eigenvalue weighted by molar-refractivity contribution is 5.97. The molecular weight excluding hydrogens is 310 g/mol. The van der Waals surface area contributed by atoms with E-state index in [4.69, 9.17) is 10.9 Å². The second-order valence-corrected chi connectivity index (χ2v) is 5.37. The summed E-state index contributed by atoms with van der Waals surface area (Å²) in [5, 5.41) is 20.5. The Hall–Kier alpha value is -2.90. The lowest BCUT2D eigenvalue weighted by Crippen LogP contribution is -2.51. The number of aliphatic hydroxyl groups is 1. The van der Waals surface area contributed by atoms with Crippen LogP contribution in [0.5, 0.6) is 0 Å². The highest BCUT2D eigenvalue weighted by Crippen LogP contribution is 2.21. The largest absolute Gasteiger partial charge is 0.399 e. The summed E-state index contributed by atoms with van der Waals surface area (Å²) < 4.78 is 0. The summed E-state index contributed by atoms with van der Waals surface area (Å²) in [6, 6.07) is 12.8. The van der Waals surface area contributed by atoms with Crippen LogP contribution in [0.2, 0.25) is 0 Å². The minimum absolute atomic E-state index is 0.325. The average molecular weight is 329 g/mol. The van der Waals surface area contributed by atoms with Crippen LogP contribution in [0.3, 0.4) is 0 Å². The van der Waals surface area contributed by atoms with Crippen molar-refractivity contribution in [1.82, 2.24) is 10.8 Å². The maximum Gasteiger partial charge on any atom is 0.268 e. The number of nitrogens with one attached hydrogen (secondary N) is 2. The highest BCUT2D eigenvalue weighted by Gasteiger charge is 2.25. The van der Waals surface area contributed by atoms with Gasteiger partial charge in [-0.15, -0.1) is 0 Å². The molecule has 2 rings (SSSR count). The molecule has 0 radical (unpaired) electrons. The highest BCUT2D eigenvalue weighted by atomic mass is 16.5. The van der Waals surface area contributed by atoms with Gasteiger partial charge in [0.05, 0.1) is 6.10 Å². The van der Waals surface area contributed by atoms with E-state index in [1.807, 2.05) is 12.1 Å². The number of hydrogen-bond donors (Lipinski definition) is 5. The van der Waals surface area contributed by atoms with Crippen molar-refractivity contribution in [2.75, 3.05) is 5.73 Å². The van der Waals surface area contributed by atoms with Crippen LogP contribution < -0.4 is 16.5 Å². The third-order valence-electron chi connectivity index (χ3n) is 3.55. The smallest absolute Gasteiger partial charge is 0.268 e. The van der Waals surface area contributed by atoms with Crippen LogP contribution >= 0.6 is 0 Å². The Balaban J connectivity index is 2.13. The first kappa shape index (κ1) is 17.5. The molecule has 126 valence electrons. The number of nitrogens with two attached hydrogens (primary N) is 1. The first-order valence-corrected chi connectivity index (χ1v) is 7.31. The van der Waals surface area contributed by atoms with Gasteiger partial charge in [0.1, 0.15) is 6.04 Å². The summed E-state index contributed by atoms with van der Waals surface area (Å²) in [6.45, 7) is 1.34. The fourth-order valence-corrected chi connectivity index (χ4v) is 2.19. The lowest BCUT2D eigenvalue weighted by atomic mass is 10.0. The molecule has 0 aromatic heterocycles. The van der Waals surface area contributed by atoms with E-state index >= 15 is 0 Å². The zero-order valence-corrected chi connectivity index (χ0v) is 13.1. The van der Waals surface area contributed by atoms with Gasteiger partial charge in [-0.25, -0.2) is 5.48 Å². The van der Waals surface area contributed by atoms with Gasteiger partial charge in [0.25, 0.3) is 11.8 Å². The molecule has 2 atom stereocenters. The molecule has 0 aliphatic heterocycles. The van der Waals surface area contributed by atoms with E-state index in [1.165, 1.54) is 12.4 Å². The monoisotopic (exact) mass is 329 g/mol. The summed E-state index contributed by atoms with van der Waals surface area (Å²) in [7, 11) is 0. The molecular formula is C17H19N3O4. The average Bonchev–Trinajstić information content (AvgIpc) is 2.59. The van der Waals surface area contributed by atoms with Crippen molar-refractivity contribution in [2.45, 2.75) is 19.1 Å². The number of benzene rings is 2. The number of aliphatic hydroxyl groups excluding tert-OH is 1. The quantitative estimate of drug-likeness (QED) is 0.317. The summed E-state index contributed by atoms with van der Waals surface area (Å²) in [6.07, 6.45) is -1.16. The van der Waals surface area contributed by atoms with Crippen molar-refractivity contribution < 1.29 is 19.9 Å². The summed E-state index contributed by atoms with van der Waals surface area (Å²) in [4.78, 5) is 23.6. The van der Waals surface area contributed by atoms with E-state index in [-0.39, 0.29) is 0 Å². The first-order valence-electron chi connectivity index (χ1n) is 7.31. The van der Waals surface area contributed by atoms with Crippen molar-refractivity contribution in [3.63, 3.8) is 0 Å². The first-order chi connectivity index (χ1) is 11.4. The van der Waals surface area contributed by atoms with Crippen molar-refractivity contribution in [3.05, 3.63) is 54.1 Å². The number of carbonyl (C=O) groups excluding carboxylic acids is 2. The van der Waals surface area contributed by atoms with E-state index < -0.39 is 24.0 Å². The Morgan fingerprint density at radius 1 is 1.00 bits per heavy atom. The SMILES string of the molecule is C[C@@H](O)[C@@H](NC(=O)c1ccc(-c2ccc(N)cc2)cc1)C(=O)NO. The van der Waals surface area contributed by atoms with Gasteiger partial charge >= 0.3 is 0 Å². The molecule has 2 aromatic carbocycles. The molecule has 7 nitrogen and oxygen atoms in total. The van der Waals surface area contributed by atoms with Crippen LogP contribution in [0, 0.1) is 0 Å². The number of hydroxylamine groups is 1. The van der Waals surface area contributed by atoms with Crippen LogP contribution in [-0.2, 0) is 4.79 Å². The summed E-state index contributed by atoms with van der Waals surface area (Å²) >= 11 is 0. The van der Waals surface area contributed by atoms with Gasteiger partial charge in [0.2, 0.25) is 0 Å². The van der Waals surface area contributed by atoms with Gasteiger partial charge in [-0.05, 0) is 42.3 Å². The predicted molar refractivity (Wildman–Crippen MR) is 89.2 cm³/mol. The zero-order chi connectivity index (χ0) is 17.7. The van der Waals surface area contributed by atoms with Gasteiger partial charge in [-0.2, -0.15) is 0 Å². The van der Waals surface area contributed by atoms with E-state index in [0.717, 1.165) is 11.1 Å². The van der Waals surface area contributed by atoms with Crippen LogP contribution in [0.15, 0.2) is 48.5 Å². The molecule has 24 heavy (non-hydrogen) atoms. The molecule has 0 aliphatic carbocycles. The van der Waals surface area contributed by atoms with Gasteiger partial charge in [-0.1, -0.05) is 24.3 Å². The van der Waals surface area contributed by atoms with E-state index in [1.54, 1.807) is 36.4 Å². The third kappa shape index (κ3) is 4.09. The molecule has 7 heteroatoms. The Morgan fingerprint density at radius 2 is 1.50 bits per heavy atom. The third-order valence-corrected chi connectivity index (χ3v) is 3.55. The number of anilines is 1. The summed E-state index contributed by atoms with van der Waals surface area (Å²) in [5.74, 6) is -1.43. The maximum atomic E-state index is 12.2. The molecule has 6 N–H and O–H groups in total. The molecule has 0 heterocycles. The number of amides is 2. The molecule has 0 fully saturated rings. The number of hydrogen-bond acceptors (Lipinski definition) is 5. The second kappa shape index (κ2) is 7.58. The number of rotatable bonds is 5. The number of carbonyl (C=O) groups is 2. The van der Waals surface area contributed by atoms with Gasteiger partial charge < -0.3 is 16.2 Å². The molecule has 0 bridgehead atoms. The molecule has 0 unspecified atom stereocenters. The number of nitrogen functional groups attached to an aromatic ring is 1. The Labute approximate surface area is 139 Å². The topological polar surface area (TPSA) is 125 Å². The second-order valence-electron chi connectivity index (χ2n) is 5.37. The molecule has 0 spiro atoms. The molecule has 2 amide bonds. The molecule has 0 saturated carbocycles. The Kier molecular flexibility index (Phi) is 5.51. The minimum Gasteiger partial charge on any atom is -0.399 e. The van der Waals surface area contributed by atoms with Crippen molar-refractivity contribution in [2.24, 2.45) is 0 Å². The Morgan fingerprint density at radius 3 is 1.96 bits per heavy atom. The predicted octanol–water partition coefficient (Wildman–Crippen LogP) is 0.920. The van der Waals surface area contributed by atoms with Crippen molar-refractivity contribution in [1.29, 1.82) is 0 Å². The van der Waals surface area contributed by atoms with Gasteiger partial charge in [0, 0.05) is 11.3 Å². The Bertz CT molecular complexity index is 712. The lowest BCUT2D eigenvalue weighted by molar-refractivity contribution is -0.133. The fourth-order valence-electron chi connectivity index (χ4n) is 2.19. The van der Waals surface area contributed by atoms with Crippen molar-refractivity contribution >= 4 is 17.5 Å². The maximum absolute atomic E-state index is 12.2. The van der Waals surface area contributed by atoms with Crippen LogP contribution in [-0.4, -0.2) is 34.3 Å². The molecule has 0 saturated heterocycles. The standard InChI is InChI=1S/C17H19N3O4/c1-10(21)15(17(23)20-24)19-16(22)13-4-2-11(3-5-13)12-6-8-14(18)9-7-12/h2-10,15,21,24H,18H2,1H3,(H,19,22)(H,20,23)/t10-,15-/m1/s1. The van der Waals surface area contributed by atoms with E-state index in [0.29, 0.717) is 11.3 Å². The van der Waals surface area contributed by atoms with Crippen LogP contribution in [0.1, 0.15) is 17.3 Å². The lowest BCUT2D eigenvalue weighted by Gasteiger charge is -2.19. The zero-order valence-electron chi connectivity index (χ0n) is 13.1. The summed E-state index contributed by atoms with van der Waals surface area (Å²) in [5.41, 5.74) is 9.92. The van der Waals surface area contributed by atoms with Gasteiger partial charge in [0.15, 0.2) is 0 Å². The minimum atomic E-state index is -1.25. The van der Waals surface area contributed by atoms with Gasteiger partial charge in [-0.3, -0.25) is 14.8 Å².